The van der Waals surface area contributed by atoms with E-state index in [1.165, 1.54) is 0 Å². The molecule has 2 nitrogen and oxygen atoms in total. The monoisotopic (exact) mass is 292 g/mol. The minimum absolute atomic E-state index is 0.00403. The highest BCUT2D eigenvalue weighted by molar-refractivity contribution is 6.74. The number of unbranched alkanes of at least 4 members (excludes halogenated alkanes) is 1. The third kappa shape index (κ3) is 4.61. The van der Waals surface area contributed by atoms with Gasteiger partial charge in [-0.3, -0.25) is 4.79 Å². The largest absolute Gasteiger partial charge is 0.410 e. The maximum absolute atomic E-state index is 12.0. The lowest BCUT2D eigenvalue weighted by Gasteiger charge is -2.37. The van der Waals surface area contributed by atoms with Gasteiger partial charge in [-0.05, 0) is 49.5 Å². The van der Waals surface area contributed by atoms with Crippen molar-refractivity contribution in [2.24, 2.45) is 0 Å². The Bertz CT molecular complexity index is 444. The fourth-order valence-corrected chi connectivity index (χ4v) is 3.30. The highest BCUT2D eigenvalue weighted by Crippen LogP contribution is 2.38. The van der Waals surface area contributed by atoms with Gasteiger partial charge in [0.2, 0.25) is 0 Å². The smallest absolute Gasteiger partial charge is 0.192 e. The molecule has 1 aliphatic rings. The molecular formula is C17H28O2Si. The summed E-state index contributed by atoms with van der Waals surface area (Å²) in [6, 6.07) is 0. The molecule has 112 valence electrons. The Hall–Kier alpha value is -0.853. The summed E-state index contributed by atoms with van der Waals surface area (Å²) in [7, 11) is -1.79. The van der Waals surface area contributed by atoms with Gasteiger partial charge in [-0.15, -0.1) is 11.8 Å². The van der Waals surface area contributed by atoms with Gasteiger partial charge < -0.3 is 4.43 Å². The molecule has 0 unspecified atom stereocenters. The summed E-state index contributed by atoms with van der Waals surface area (Å²) in [6.45, 7) is 13.0. The van der Waals surface area contributed by atoms with Crippen LogP contribution in [0.5, 0.6) is 0 Å². The van der Waals surface area contributed by atoms with Crippen LogP contribution in [0.25, 0.3) is 0 Å². The Morgan fingerprint density at radius 1 is 1.40 bits per heavy atom. The van der Waals surface area contributed by atoms with E-state index in [0.29, 0.717) is 6.42 Å². The van der Waals surface area contributed by atoms with E-state index in [1.54, 1.807) is 0 Å². The van der Waals surface area contributed by atoms with E-state index in [-0.39, 0.29) is 16.9 Å². The van der Waals surface area contributed by atoms with Crippen LogP contribution in [0.15, 0.2) is 11.6 Å². The number of ketones is 1. The van der Waals surface area contributed by atoms with Crippen LogP contribution in [-0.4, -0.2) is 20.2 Å². The van der Waals surface area contributed by atoms with Crippen molar-refractivity contribution in [1.29, 1.82) is 0 Å². The maximum atomic E-state index is 12.0. The van der Waals surface area contributed by atoms with E-state index in [2.05, 4.69) is 51.8 Å². The molecular weight excluding hydrogens is 264 g/mol. The molecule has 0 amide bonds. The van der Waals surface area contributed by atoms with Crippen LogP contribution < -0.4 is 0 Å². The molecule has 0 aliphatic heterocycles. The van der Waals surface area contributed by atoms with E-state index in [4.69, 9.17) is 4.43 Å². The van der Waals surface area contributed by atoms with Gasteiger partial charge in [-0.2, -0.15) is 0 Å². The molecule has 0 fully saturated rings. The standard InChI is InChI=1S/C17H28O2Si/c1-7-8-9-10-11-14-12-15(13-16(14)18)19-20(5,6)17(2,3)4/h12,15H,9-11,13H2,1-6H3/t15-/m0/s1. The average Bonchev–Trinajstić information content (AvgIpc) is 2.63. The van der Waals surface area contributed by atoms with Gasteiger partial charge in [0.05, 0.1) is 6.10 Å². The summed E-state index contributed by atoms with van der Waals surface area (Å²) in [5, 5.41) is 0.184. The molecule has 0 aromatic carbocycles. The first kappa shape index (κ1) is 17.2. The second-order valence-corrected chi connectivity index (χ2v) is 11.8. The first-order valence-corrected chi connectivity index (χ1v) is 10.4. The second kappa shape index (κ2) is 6.73. The highest BCUT2D eigenvalue weighted by Gasteiger charge is 2.40. The average molecular weight is 292 g/mol. The normalized spacial score (nSPS) is 19.6. The number of Topliss-reactive ketones (excluding diaryl/α,β-unsaturated/α-hetero) is 1. The predicted molar refractivity (Wildman–Crippen MR) is 87.1 cm³/mol. The minimum Gasteiger partial charge on any atom is -0.410 e. The fraction of sp³-hybridized carbons (Fsp3) is 0.706. The molecule has 0 saturated heterocycles. The van der Waals surface area contributed by atoms with E-state index in [1.807, 2.05) is 6.92 Å². The molecule has 0 N–H and O–H groups in total. The van der Waals surface area contributed by atoms with Crippen LogP contribution in [0.2, 0.25) is 18.1 Å². The molecule has 3 heteroatoms. The zero-order valence-electron chi connectivity index (χ0n) is 13.8. The van der Waals surface area contributed by atoms with Crippen molar-refractivity contribution in [3.63, 3.8) is 0 Å². The van der Waals surface area contributed by atoms with E-state index >= 15 is 0 Å². The lowest BCUT2D eigenvalue weighted by Crippen LogP contribution is -2.43. The van der Waals surface area contributed by atoms with Crippen molar-refractivity contribution in [2.75, 3.05) is 0 Å². The number of hydrogen-bond donors (Lipinski definition) is 0. The molecule has 1 atom stereocenters. The maximum Gasteiger partial charge on any atom is 0.192 e. The third-order valence-corrected chi connectivity index (χ3v) is 8.81. The Morgan fingerprint density at radius 3 is 2.60 bits per heavy atom. The summed E-state index contributed by atoms with van der Waals surface area (Å²) < 4.78 is 6.31. The van der Waals surface area contributed by atoms with Gasteiger partial charge in [0.25, 0.3) is 0 Å². The van der Waals surface area contributed by atoms with Crippen LogP contribution >= 0.6 is 0 Å². The van der Waals surface area contributed by atoms with E-state index < -0.39 is 8.32 Å². The molecule has 0 spiro atoms. The van der Waals surface area contributed by atoms with Crippen LogP contribution in [0, 0.1) is 11.8 Å². The Morgan fingerprint density at radius 2 is 2.05 bits per heavy atom. The number of carbonyl (C=O) groups is 1. The third-order valence-electron chi connectivity index (χ3n) is 4.31. The molecule has 0 aromatic rings. The number of hydrogen-bond acceptors (Lipinski definition) is 2. The summed E-state index contributed by atoms with van der Waals surface area (Å²) in [4.78, 5) is 12.0. The zero-order valence-corrected chi connectivity index (χ0v) is 14.8. The Kier molecular flexibility index (Phi) is 5.79. The van der Waals surface area contributed by atoms with Gasteiger partial charge in [0.15, 0.2) is 14.1 Å². The second-order valence-electron chi connectivity index (χ2n) is 7.02. The highest BCUT2D eigenvalue weighted by atomic mass is 28.4. The molecule has 0 heterocycles. The van der Waals surface area contributed by atoms with E-state index in [9.17, 15) is 4.79 Å². The molecule has 20 heavy (non-hydrogen) atoms. The topological polar surface area (TPSA) is 26.3 Å². The van der Waals surface area contributed by atoms with Crippen LogP contribution in [0.1, 0.15) is 53.4 Å². The Labute approximate surface area is 125 Å². The number of allylic oxidation sites excluding steroid dienone is 1. The molecule has 0 aromatic heterocycles. The van der Waals surface area contributed by atoms with Gasteiger partial charge >= 0.3 is 0 Å². The lowest BCUT2D eigenvalue weighted by atomic mass is 10.1. The quantitative estimate of drug-likeness (QED) is 0.424. The SMILES string of the molecule is CC#CCCCC1=C[C@H](O[Si](C)(C)C(C)(C)C)CC1=O. The summed E-state index contributed by atoms with van der Waals surface area (Å²) >= 11 is 0. The van der Waals surface area contributed by atoms with Gasteiger partial charge in [-0.1, -0.05) is 20.8 Å². The molecule has 0 bridgehead atoms. The van der Waals surface area contributed by atoms with Gasteiger partial charge in [0.1, 0.15) is 0 Å². The van der Waals surface area contributed by atoms with Crippen molar-refractivity contribution in [3.05, 3.63) is 11.6 Å². The minimum atomic E-state index is -1.79. The van der Waals surface area contributed by atoms with Crippen molar-refractivity contribution in [2.45, 2.75) is 77.6 Å². The Balaban J connectivity index is 2.60. The van der Waals surface area contributed by atoms with Crippen molar-refractivity contribution in [1.82, 2.24) is 0 Å². The molecule has 1 aliphatic carbocycles. The molecule has 0 saturated carbocycles. The zero-order chi connectivity index (χ0) is 15.4. The number of carbonyl (C=O) groups excluding carboxylic acids is 1. The molecule has 0 radical (unpaired) electrons. The van der Waals surface area contributed by atoms with Gasteiger partial charge in [-0.25, -0.2) is 0 Å². The molecule has 1 rings (SSSR count). The first-order chi connectivity index (χ1) is 9.17. The van der Waals surface area contributed by atoms with Crippen LogP contribution in [0.3, 0.4) is 0 Å². The van der Waals surface area contributed by atoms with Crippen molar-refractivity contribution >= 4 is 14.1 Å². The summed E-state index contributed by atoms with van der Waals surface area (Å²) in [5.74, 6) is 6.19. The van der Waals surface area contributed by atoms with Crippen LogP contribution in [-0.2, 0) is 9.22 Å². The van der Waals surface area contributed by atoms with Gasteiger partial charge in [0, 0.05) is 12.8 Å². The first-order valence-electron chi connectivity index (χ1n) is 7.48. The predicted octanol–water partition coefficient (Wildman–Crippen LogP) is 4.47. The number of rotatable bonds is 5. The summed E-state index contributed by atoms with van der Waals surface area (Å²) in [5.41, 5.74) is 0.951. The van der Waals surface area contributed by atoms with Crippen molar-refractivity contribution in [3.8, 4) is 11.8 Å². The van der Waals surface area contributed by atoms with E-state index in [0.717, 1.165) is 24.8 Å². The summed E-state index contributed by atoms with van der Waals surface area (Å²) in [6.07, 6.45) is 5.25. The lowest BCUT2D eigenvalue weighted by molar-refractivity contribution is -0.115. The van der Waals surface area contributed by atoms with Crippen molar-refractivity contribution < 1.29 is 9.22 Å². The fourth-order valence-electron chi connectivity index (χ4n) is 2.04. The van der Waals surface area contributed by atoms with Crippen LogP contribution in [0.4, 0.5) is 0 Å².